The van der Waals surface area contributed by atoms with Crippen LogP contribution in [0.4, 0.5) is 5.69 Å². The summed E-state index contributed by atoms with van der Waals surface area (Å²) in [6, 6.07) is 8.39. The van der Waals surface area contributed by atoms with E-state index in [2.05, 4.69) is 5.10 Å². The molecule has 0 atom stereocenters. The van der Waals surface area contributed by atoms with E-state index in [0.717, 1.165) is 4.57 Å². The Morgan fingerprint density at radius 3 is 2.53 bits per heavy atom. The first-order chi connectivity index (χ1) is 15.1. The Balaban J connectivity index is 2.07. The number of amides is 1. The molecule has 2 heterocycles. The van der Waals surface area contributed by atoms with Gasteiger partial charge in [0.1, 0.15) is 18.2 Å². The Morgan fingerprint density at radius 2 is 1.94 bits per heavy atom. The topological polar surface area (TPSA) is 125 Å². The van der Waals surface area contributed by atoms with Gasteiger partial charge in [-0.15, -0.1) is 0 Å². The van der Waals surface area contributed by atoms with E-state index in [0.29, 0.717) is 16.4 Å². The van der Waals surface area contributed by atoms with Gasteiger partial charge >= 0.3 is 5.97 Å². The molecule has 2 aromatic rings. The van der Waals surface area contributed by atoms with Crippen molar-refractivity contribution in [2.24, 2.45) is 5.10 Å². The average Bonchev–Trinajstić information content (AvgIpc) is 3.02. The summed E-state index contributed by atoms with van der Waals surface area (Å²) in [6.07, 6.45) is 1.39. The highest BCUT2D eigenvalue weighted by molar-refractivity contribution is 6.32. The number of hydrazone groups is 1. The molecule has 10 heteroatoms. The van der Waals surface area contributed by atoms with Crippen LogP contribution in [0.1, 0.15) is 30.5 Å². The molecule has 0 unspecified atom stereocenters. The van der Waals surface area contributed by atoms with Crippen LogP contribution in [-0.4, -0.2) is 33.9 Å². The molecular formula is C22H19ClN4O5. The highest BCUT2D eigenvalue weighted by atomic mass is 35.5. The summed E-state index contributed by atoms with van der Waals surface area (Å²) in [5.41, 5.74) is 0.519. The van der Waals surface area contributed by atoms with Crippen molar-refractivity contribution in [1.82, 2.24) is 4.57 Å². The number of carbonyl (C=O) groups excluding carboxylic acids is 2. The van der Waals surface area contributed by atoms with Gasteiger partial charge in [-0.1, -0.05) is 11.6 Å². The van der Waals surface area contributed by atoms with Crippen molar-refractivity contribution in [2.45, 2.75) is 27.3 Å². The molecule has 1 N–H and O–H groups in total. The maximum Gasteiger partial charge on any atom is 0.302 e. The van der Waals surface area contributed by atoms with Crippen molar-refractivity contribution < 1.29 is 19.4 Å². The fraction of sp³-hybridized carbons (Fsp3) is 0.227. The lowest BCUT2D eigenvalue weighted by molar-refractivity contribution is -0.141. The summed E-state index contributed by atoms with van der Waals surface area (Å²) in [6.45, 7) is 4.03. The maximum absolute atomic E-state index is 13.0. The number of hydrogen-bond acceptors (Lipinski definition) is 7. The number of benzene rings is 1. The van der Waals surface area contributed by atoms with Crippen LogP contribution >= 0.6 is 11.6 Å². The number of rotatable bonds is 5. The second-order valence-corrected chi connectivity index (χ2v) is 7.42. The number of halogens is 1. The molecule has 1 amide bonds. The summed E-state index contributed by atoms with van der Waals surface area (Å²) in [5.74, 6) is -1.44. The molecule has 0 fully saturated rings. The molecule has 0 radical (unpaired) electrons. The van der Waals surface area contributed by atoms with Crippen LogP contribution in [0.3, 0.4) is 0 Å². The maximum atomic E-state index is 13.0. The van der Waals surface area contributed by atoms with Crippen LogP contribution in [0.15, 0.2) is 39.7 Å². The zero-order valence-corrected chi connectivity index (χ0v) is 18.3. The van der Waals surface area contributed by atoms with Crippen molar-refractivity contribution in [1.29, 1.82) is 5.26 Å². The average molecular weight is 455 g/mol. The van der Waals surface area contributed by atoms with Gasteiger partial charge in [-0.3, -0.25) is 19.0 Å². The number of pyridine rings is 1. The smallest absolute Gasteiger partial charge is 0.302 e. The minimum Gasteiger partial charge on any atom is -0.494 e. The van der Waals surface area contributed by atoms with Gasteiger partial charge in [-0.05, 0) is 49.8 Å². The van der Waals surface area contributed by atoms with Crippen LogP contribution in [0.25, 0.3) is 6.08 Å². The van der Waals surface area contributed by atoms with Gasteiger partial charge < -0.3 is 9.84 Å². The molecule has 1 aliphatic rings. The van der Waals surface area contributed by atoms with E-state index in [1.165, 1.54) is 24.9 Å². The number of nitriles is 1. The Hall–Kier alpha value is -3.90. The first-order valence-corrected chi connectivity index (χ1v) is 9.90. The van der Waals surface area contributed by atoms with Gasteiger partial charge in [0, 0.05) is 17.5 Å². The Morgan fingerprint density at radius 1 is 1.28 bits per heavy atom. The minimum atomic E-state index is -0.720. The number of carbonyl (C=O) groups is 2. The number of aromatic nitrogens is 1. The number of nitrogens with zero attached hydrogens (tertiary/aromatic N) is 4. The molecule has 1 aromatic carbocycles. The van der Waals surface area contributed by atoms with Crippen LogP contribution < -0.4 is 10.6 Å². The van der Waals surface area contributed by atoms with Gasteiger partial charge in [0.25, 0.3) is 11.5 Å². The second-order valence-electron chi connectivity index (χ2n) is 6.98. The summed E-state index contributed by atoms with van der Waals surface area (Å²) < 4.78 is 5.78. The quantitative estimate of drug-likeness (QED) is 0.547. The molecule has 1 aliphatic heterocycles. The summed E-state index contributed by atoms with van der Waals surface area (Å²) >= 11 is 5.90. The van der Waals surface area contributed by atoms with Gasteiger partial charge in [0.05, 0.1) is 23.5 Å². The van der Waals surface area contributed by atoms with Gasteiger partial charge in [-0.25, -0.2) is 0 Å². The molecule has 0 saturated heterocycles. The third-order valence-corrected chi connectivity index (χ3v) is 5.14. The zero-order chi connectivity index (χ0) is 23.6. The molecular weight excluding hydrogens is 436 g/mol. The molecule has 0 saturated carbocycles. The van der Waals surface area contributed by atoms with Crippen molar-refractivity contribution in [2.75, 3.05) is 11.6 Å². The largest absolute Gasteiger partial charge is 0.494 e. The summed E-state index contributed by atoms with van der Waals surface area (Å²) in [4.78, 5) is 36.6. The predicted molar refractivity (Wildman–Crippen MR) is 118 cm³/mol. The van der Waals surface area contributed by atoms with E-state index in [9.17, 15) is 24.8 Å². The third-order valence-electron chi connectivity index (χ3n) is 4.89. The number of anilines is 1. The van der Waals surface area contributed by atoms with E-state index in [4.69, 9.17) is 16.3 Å². The van der Waals surface area contributed by atoms with Crippen molar-refractivity contribution in [3.63, 3.8) is 0 Å². The molecule has 164 valence electrons. The monoisotopic (exact) mass is 454 g/mol. The van der Waals surface area contributed by atoms with E-state index >= 15 is 0 Å². The van der Waals surface area contributed by atoms with Crippen LogP contribution in [0.5, 0.6) is 5.88 Å². The fourth-order valence-corrected chi connectivity index (χ4v) is 3.34. The first kappa shape index (κ1) is 22.8. The van der Waals surface area contributed by atoms with Crippen molar-refractivity contribution >= 4 is 41.0 Å². The molecule has 0 bridgehead atoms. The van der Waals surface area contributed by atoms with Crippen LogP contribution in [0.2, 0.25) is 5.02 Å². The SMILES string of the molecule is CC(=O)OCCn1c(O)c(/C=C2/C(=O)N(c3ccc(Cl)cc3)N=C2C)c(C)c(C#N)c1=O. The lowest BCUT2D eigenvalue weighted by atomic mass is 10.0. The fourth-order valence-electron chi connectivity index (χ4n) is 3.22. The van der Waals surface area contributed by atoms with E-state index < -0.39 is 23.3 Å². The van der Waals surface area contributed by atoms with E-state index in [1.807, 2.05) is 6.07 Å². The molecule has 0 aliphatic carbocycles. The molecule has 9 nitrogen and oxygen atoms in total. The highest BCUT2D eigenvalue weighted by Crippen LogP contribution is 2.29. The van der Waals surface area contributed by atoms with Crippen molar-refractivity contribution in [3.05, 3.63) is 61.9 Å². The Bertz CT molecular complexity index is 1270. The second kappa shape index (κ2) is 9.08. The van der Waals surface area contributed by atoms with E-state index in [1.54, 1.807) is 31.2 Å². The van der Waals surface area contributed by atoms with Crippen molar-refractivity contribution in [3.8, 4) is 11.9 Å². The van der Waals surface area contributed by atoms with Gasteiger partial charge in [0.2, 0.25) is 5.88 Å². The lowest BCUT2D eigenvalue weighted by Gasteiger charge is -2.15. The third kappa shape index (κ3) is 4.26. The predicted octanol–water partition coefficient (Wildman–Crippen LogP) is 2.76. The standard InChI is InChI=1S/C22H19ClN4O5/c1-12-17(20(29)26(8-9-32-14(3)28)21(30)19(12)11-24)10-18-13(2)25-27(22(18)31)16-6-4-15(23)5-7-16/h4-7,10,29H,8-9H2,1-3H3/b18-10+. The van der Waals surface area contributed by atoms with Crippen LogP contribution in [-0.2, 0) is 20.9 Å². The van der Waals surface area contributed by atoms with Gasteiger partial charge in [0.15, 0.2) is 0 Å². The van der Waals surface area contributed by atoms with Crippen LogP contribution in [0, 0.1) is 18.3 Å². The first-order valence-electron chi connectivity index (χ1n) is 9.52. The Kier molecular flexibility index (Phi) is 6.46. The number of esters is 1. The number of aromatic hydroxyl groups is 1. The number of hydrogen-bond donors (Lipinski definition) is 1. The Labute approximate surface area is 188 Å². The summed E-state index contributed by atoms with van der Waals surface area (Å²) in [7, 11) is 0. The van der Waals surface area contributed by atoms with Gasteiger partial charge in [-0.2, -0.15) is 15.4 Å². The molecule has 0 spiro atoms. The molecule has 3 rings (SSSR count). The highest BCUT2D eigenvalue weighted by Gasteiger charge is 2.30. The normalized spacial score (nSPS) is 14.5. The number of ether oxygens (including phenoxy) is 1. The summed E-state index contributed by atoms with van der Waals surface area (Å²) in [5, 5.41) is 26.2. The molecule has 1 aromatic heterocycles. The zero-order valence-electron chi connectivity index (χ0n) is 17.5. The minimum absolute atomic E-state index is 0.125. The molecule has 32 heavy (non-hydrogen) atoms. The lowest BCUT2D eigenvalue weighted by Crippen LogP contribution is -2.27. The van der Waals surface area contributed by atoms with E-state index in [-0.39, 0.29) is 35.4 Å².